The molecule has 1 aromatic rings. The van der Waals surface area contributed by atoms with Crippen LogP contribution < -0.4 is 5.73 Å². The van der Waals surface area contributed by atoms with E-state index in [1.165, 1.54) is 6.07 Å². The van der Waals surface area contributed by atoms with Gasteiger partial charge in [0.2, 0.25) is 0 Å². The van der Waals surface area contributed by atoms with Gasteiger partial charge in [-0.1, -0.05) is 6.92 Å². The predicted molar refractivity (Wildman–Crippen MR) is 40.1 cm³/mol. The second-order valence-corrected chi connectivity index (χ2v) is 2.31. The quantitative estimate of drug-likeness (QED) is 0.621. The molecule has 0 aromatic heterocycles. The molecule has 0 atom stereocenters. The molecule has 1 rings (SSSR count). The third kappa shape index (κ3) is 1.48. The lowest BCUT2D eigenvalue weighted by Crippen LogP contribution is -1.97. The summed E-state index contributed by atoms with van der Waals surface area (Å²) in [7, 11) is 0. The second kappa shape index (κ2) is 2.86. The van der Waals surface area contributed by atoms with E-state index in [0.717, 1.165) is 6.07 Å². The lowest BCUT2D eigenvalue weighted by Gasteiger charge is -2.02. The molecule has 0 bridgehead atoms. The summed E-state index contributed by atoms with van der Waals surface area (Å²) in [6, 6.07) is 2.03. The summed E-state index contributed by atoms with van der Waals surface area (Å²) in [5, 5.41) is 0. The van der Waals surface area contributed by atoms with Crippen LogP contribution in [0.15, 0.2) is 12.1 Å². The zero-order valence-corrected chi connectivity index (χ0v) is 6.20. The molecule has 0 aliphatic rings. The third-order valence-electron chi connectivity index (χ3n) is 1.56. The smallest absolute Gasteiger partial charge is 0.149 e. The first-order valence-electron chi connectivity index (χ1n) is 3.38. The Balaban J connectivity index is 3.24. The zero-order valence-electron chi connectivity index (χ0n) is 6.20. The van der Waals surface area contributed by atoms with Crippen LogP contribution in [0.2, 0.25) is 0 Å². The van der Waals surface area contributed by atoms with Crippen LogP contribution in [-0.2, 0) is 6.42 Å². The standard InChI is InChI=1S/C8H9F2N/c1-2-5-3-6(9)4-7(10)8(5)11/h3-4H,2,11H2,1H3. The highest BCUT2D eigenvalue weighted by Gasteiger charge is 2.05. The van der Waals surface area contributed by atoms with Crippen molar-refractivity contribution in [2.75, 3.05) is 5.73 Å². The van der Waals surface area contributed by atoms with Crippen LogP contribution in [0.25, 0.3) is 0 Å². The lowest BCUT2D eigenvalue weighted by molar-refractivity contribution is 0.583. The molecule has 0 aliphatic carbocycles. The van der Waals surface area contributed by atoms with Crippen LogP contribution in [0.1, 0.15) is 12.5 Å². The number of anilines is 1. The van der Waals surface area contributed by atoms with Gasteiger partial charge < -0.3 is 5.73 Å². The molecule has 0 aliphatic heterocycles. The molecule has 1 aromatic carbocycles. The van der Waals surface area contributed by atoms with E-state index in [9.17, 15) is 8.78 Å². The molecule has 0 heterocycles. The van der Waals surface area contributed by atoms with E-state index in [1.807, 2.05) is 0 Å². The van der Waals surface area contributed by atoms with Gasteiger partial charge in [0.25, 0.3) is 0 Å². The number of halogens is 2. The Morgan fingerprint density at radius 3 is 2.55 bits per heavy atom. The molecule has 0 amide bonds. The summed E-state index contributed by atoms with van der Waals surface area (Å²) in [5.41, 5.74) is 5.89. The number of hydrogen-bond donors (Lipinski definition) is 1. The van der Waals surface area contributed by atoms with Crippen LogP contribution in [0.5, 0.6) is 0 Å². The van der Waals surface area contributed by atoms with Gasteiger partial charge in [-0.05, 0) is 18.1 Å². The molecule has 0 saturated carbocycles. The highest BCUT2D eigenvalue weighted by molar-refractivity contribution is 5.48. The van der Waals surface area contributed by atoms with Crippen LogP contribution in [0, 0.1) is 11.6 Å². The van der Waals surface area contributed by atoms with Crippen LogP contribution in [0.4, 0.5) is 14.5 Å². The Bertz CT molecular complexity index is 271. The number of benzene rings is 1. The minimum absolute atomic E-state index is 0.0499. The molecular weight excluding hydrogens is 148 g/mol. The number of nitrogen functional groups attached to an aromatic ring is 1. The van der Waals surface area contributed by atoms with E-state index in [1.54, 1.807) is 6.92 Å². The van der Waals surface area contributed by atoms with Crippen molar-refractivity contribution in [3.63, 3.8) is 0 Å². The average Bonchev–Trinajstić information content (AvgIpc) is 1.96. The van der Waals surface area contributed by atoms with Gasteiger partial charge in [0, 0.05) is 6.07 Å². The SMILES string of the molecule is CCc1cc(F)cc(F)c1N. The van der Waals surface area contributed by atoms with E-state index < -0.39 is 11.6 Å². The van der Waals surface area contributed by atoms with Crippen LogP contribution in [0.3, 0.4) is 0 Å². The Morgan fingerprint density at radius 2 is 2.00 bits per heavy atom. The van der Waals surface area contributed by atoms with Crippen molar-refractivity contribution in [2.45, 2.75) is 13.3 Å². The molecule has 0 unspecified atom stereocenters. The van der Waals surface area contributed by atoms with Crippen molar-refractivity contribution in [2.24, 2.45) is 0 Å². The number of aryl methyl sites for hydroxylation is 1. The topological polar surface area (TPSA) is 26.0 Å². The molecule has 2 N–H and O–H groups in total. The van der Waals surface area contributed by atoms with E-state index in [2.05, 4.69) is 0 Å². The largest absolute Gasteiger partial charge is 0.396 e. The van der Waals surface area contributed by atoms with Gasteiger partial charge in [0.15, 0.2) is 0 Å². The molecule has 60 valence electrons. The Kier molecular flexibility index (Phi) is 2.08. The fourth-order valence-corrected chi connectivity index (χ4v) is 0.931. The first-order chi connectivity index (χ1) is 5.15. The van der Waals surface area contributed by atoms with Gasteiger partial charge in [0.05, 0.1) is 5.69 Å². The Labute approximate surface area is 63.8 Å². The Hall–Kier alpha value is -1.12. The first-order valence-corrected chi connectivity index (χ1v) is 3.38. The van der Waals surface area contributed by atoms with Crippen molar-refractivity contribution in [1.29, 1.82) is 0 Å². The van der Waals surface area contributed by atoms with E-state index in [4.69, 9.17) is 5.73 Å². The van der Waals surface area contributed by atoms with Gasteiger partial charge in [-0.25, -0.2) is 8.78 Å². The van der Waals surface area contributed by atoms with E-state index in [-0.39, 0.29) is 5.69 Å². The van der Waals surface area contributed by atoms with Gasteiger partial charge in [-0.15, -0.1) is 0 Å². The van der Waals surface area contributed by atoms with E-state index in [0.29, 0.717) is 12.0 Å². The minimum Gasteiger partial charge on any atom is -0.396 e. The summed E-state index contributed by atoms with van der Waals surface area (Å²) in [6.45, 7) is 1.80. The maximum absolute atomic E-state index is 12.7. The fraction of sp³-hybridized carbons (Fsp3) is 0.250. The number of hydrogen-bond acceptors (Lipinski definition) is 1. The molecule has 0 radical (unpaired) electrons. The lowest BCUT2D eigenvalue weighted by atomic mass is 10.1. The number of nitrogens with two attached hydrogens (primary N) is 1. The zero-order chi connectivity index (χ0) is 8.43. The normalized spacial score (nSPS) is 10.1. The first kappa shape index (κ1) is 7.98. The van der Waals surface area contributed by atoms with Crippen molar-refractivity contribution in [3.8, 4) is 0 Å². The van der Waals surface area contributed by atoms with Crippen molar-refractivity contribution < 1.29 is 8.78 Å². The highest BCUT2D eigenvalue weighted by Crippen LogP contribution is 2.18. The molecule has 0 fully saturated rings. The van der Waals surface area contributed by atoms with Crippen molar-refractivity contribution in [3.05, 3.63) is 29.3 Å². The summed E-state index contributed by atoms with van der Waals surface area (Å²) < 4.78 is 25.2. The third-order valence-corrected chi connectivity index (χ3v) is 1.56. The highest BCUT2D eigenvalue weighted by atomic mass is 19.1. The maximum Gasteiger partial charge on any atom is 0.149 e. The summed E-state index contributed by atoms with van der Waals surface area (Å²) in [6.07, 6.45) is 0.542. The van der Waals surface area contributed by atoms with Gasteiger partial charge >= 0.3 is 0 Å². The molecule has 0 saturated heterocycles. The van der Waals surface area contributed by atoms with Crippen molar-refractivity contribution >= 4 is 5.69 Å². The van der Waals surface area contributed by atoms with Gasteiger partial charge in [-0.2, -0.15) is 0 Å². The number of rotatable bonds is 1. The van der Waals surface area contributed by atoms with Crippen LogP contribution >= 0.6 is 0 Å². The monoisotopic (exact) mass is 157 g/mol. The Morgan fingerprint density at radius 1 is 1.36 bits per heavy atom. The summed E-state index contributed by atoms with van der Waals surface area (Å²) in [5.74, 6) is -1.25. The average molecular weight is 157 g/mol. The second-order valence-electron chi connectivity index (χ2n) is 2.31. The molecule has 3 heteroatoms. The summed E-state index contributed by atoms with van der Waals surface area (Å²) >= 11 is 0. The molecule has 11 heavy (non-hydrogen) atoms. The molecule has 1 nitrogen and oxygen atoms in total. The summed E-state index contributed by atoms with van der Waals surface area (Å²) in [4.78, 5) is 0. The van der Waals surface area contributed by atoms with Gasteiger partial charge in [0.1, 0.15) is 11.6 Å². The predicted octanol–water partition coefficient (Wildman–Crippen LogP) is 2.11. The van der Waals surface area contributed by atoms with Crippen LogP contribution in [-0.4, -0.2) is 0 Å². The van der Waals surface area contributed by atoms with Gasteiger partial charge in [-0.3, -0.25) is 0 Å². The molecule has 0 spiro atoms. The fourth-order valence-electron chi connectivity index (χ4n) is 0.931. The van der Waals surface area contributed by atoms with Crippen molar-refractivity contribution in [1.82, 2.24) is 0 Å². The molecular formula is C8H9F2N. The van der Waals surface area contributed by atoms with E-state index >= 15 is 0 Å². The minimum atomic E-state index is -0.679. The maximum atomic E-state index is 12.7.